The predicted molar refractivity (Wildman–Crippen MR) is 158 cm³/mol. The molecule has 9 nitrogen and oxygen atoms in total. The van der Waals surface area contributed by atoms with Gasteiger partial charge < -0.3 is 24.4 Å². The van der Waals surface area contributed by atoms with Gasteiger partial charge in [0.2, 0.25) is 10.0 Å². The van der Waals surface area contributed by atoms with Gasteiger partial charge in [0.15, 0.2) is 6.29 Å². The molecule has 2 saturated carbocycles. The number of rotatable bonds is 13. The van der Waals surface area contributed by atoms with Crippen LogP contribution in [-0.2, 0) is 41.1 Å². The second-order valence-electron chi connectivity index (χ2n) is 13.3. The maximum absolute atomic E-state index is 13.8. The van der Waals surface area contributed by atoms with Crippen molar-refractivity contribution in [2.45, 2.75) is 74.9 Å². The molecule has 2 aromatic rings. The van der Waals surface area contributed by atoms with Crippen molar-refractivity contribution in [1.29, 1.82) is 0 Å². The highest BCUT2D eigenvalue weighted by molar-refractivity contribution is 7.89. The normalized spacial score (nSPS) is 28.7. The van der Waals surface area contributed by atoms with Crippen LogP contribution in [0.5, 0.6) is 0 Å². The van der Waals surface area contributed by atoms with Crippen LogP contribution in [0.25, 0.3) is 0 Å². The fraction of sp³-hybridized carbons (Fsp3) is 0.606. The third kappa shape index (κ3) is 6.55. The van der Waals surface area contributed by atoms with Crippen LogP contribution in [0.1, 0.15) is 50.7 Å². The quantitative estimate of drug-likeness (QED) is 0.330. The zero-order chi connectivity index (χ0) is 30.4. The fourth-order valence-electron chi connectivity index (χ4n) is 7.05. The molecule has 7 atom stereocenters. The van der Waals surface area contributed by atoms with Crippen LogP contribution in [0.3, 0.4) is 0 Å². The number of fused-ring (bicyclic) bond motifs is 1. The Hall–Kier alpha value is -2.34. The van der Waals surface area contributed by atoms with E-state index in [-0.39, 0.29) is 60.5 Å². The van der Waals surface area contributed by atoms with Gasteiger partial charge in [-0.2, -0.15) is 4.31 Å². The Labute approximate surface area is 254 Å². The van der Waals surface area contributed by atoms with Gasteiger partial charge in [0.05, 0.1) is 36.2 Å². The number of nitrogens with zero attached hydrogens (tertiary/aromatic N) is 1. The molecule has 0 spiro atoms. The number of esters is 1. The van der Waals surface area contributed by atoms with Crippen molar-refractivity contribution < 1.29 is 37.6 Å². The molecule has 4 aliphatic rings. The summed E-state index contributed by atoms with van der Waals surface area (Å²) in [4.78, 5) is 13.5. The molecule has 10 heteroatoms. The largest absolute Gasteiger partial charge is 0.462 e. The van der Waals surface area contributed by atoms with E-state index in [1.807, 2.05) is 44.2 Å². The summed E-state index contributed by atoms with van der Waals surface area (Å²) in [5, 5.41) is 22.0. The van der Waals surface area contributed by atoms with E-state index in [2.05, 4.69) is 0 Å². The monoisotopic (exact) mass is 613 g/mol. The third-order valence-electron chi connectivity index (χ3n) is 9.58. The van der Waals surface area contributed by atoms with Gasteiger partial charge in [0.25, 0.3) is 0 Å². The maximum Gasteiger partial charge on any atom is 0.306 e. The van der Waals surface area contributed by atoms with Gasteiger partial charge >= 0.3 is 5.97 Å². The molecule has 4 fully saturated rings. The Bertz CT molecular complexity index is 1380. The zero-order valence-corrected chi connectivity index (χ0v) is 25.7. The number of hydrogen-bond donors (Lipinski definition) is 2. The van der Waals surface area contributed by atoms with Crippen molar-refractivity contribution in [2.75, 3.05) is 26.3 Å². The van der Waals surface area contributed by atoms with E-state index in [4.69, 9.17) is 14.2 Å². The lowest BCUT2D eigenvalue weighted by molar-refractivity contribution is -0.178. The standard InChI is InChI=1S/C33H43NO8S/c1-21(2)17-34(43(38,39)26-10-8-25(9-11-26)33(37)12-13-33)18-29(35)23(14-22-6-4-3-5-7-22)16-30(36)42-31-24-15-27-28(31)20-41-32(27)40-19-24/h3-11,21,23-24,27-29,31-32,35,37H,12-20H2,1-2H3/t23-,24?,27?,28?,29-,31?,32?/m1/s1. The smallest absolute Gasteiger partial charge is 0.306 e. The summed E-state index contributed by atoms with van der Waals surface area (Å²) >= 11 is 0. The first-order valence-corrected chi connectivity index (χ1v) is 17.0. The lowest BCUT2D eigenvalue weighted by Crippen LogP contribution is -2.43. The van der Waals surface area contributed by atoms with Crippen LogP contribution < -0.4 is 0 Å². The predicted octanol–water partition coefficient (Wildman–Crippen LogP) is 3.48. The zero-order valence-electron chi connectivity index (χ0n) is 24.9. The minimum absolute atomic E-state index is 0.00682. The van der Waals surface area contributed by atoms with Gasteiger partial charge in [-0.15, -0.1) is 0 Å². The second-order valence-corrected chi connectivity index (χ2v) is 15.2. The van der Waals surface area contributed by atoms with Gasteiger partial charge in [-0.1, -0.05) is 56.3 Å². The average molecular weight is 614 g/mol. The Morgan fingerprint density at radius 2 is 1.72 bits per heavy atom. The molecule has 2 bridgehead atoms. The highest BCUT2D eigenvalue weighted by Gasteiger charge is 2.56. The summed E-state index contributed by atoms with van der Waals surface area (Å²) in [6, 6.07) is 16.0. The molecule has 2 aliphatic heterocycles. The van der Waals surface area contributed by atoms with Gasteiger partial charge in [-0.3, -0.25) is 4.79 Å². The molecule has 2 N–H and O–H groups in total. The summed E-state index contributed by atoms with van der Waals surface area (Å²) in [6.45, 7) is 4.94. The molecule has 2 aromatic carbocycles. The molecule has 234 valence electrons. The van der Waals surface area contributed by atoms with Crippen molar-refractivity contribution in [1.82, 2.24) is 4.31 Å². The van der Waals surface area contributed by atoms with E-state index in [1.165, 1.54) is 16.4 Å². The highest BCUT2D eigenvalue weighted by Crippen LogP contribution is 2.49. The number of carbonyl (C=O) groups is 1. The molecule has 5 unspecified atom stereocenters. The summed E-state index contributed by atoms with van der Waals surface area (Å²) in [5.41, 5.74) is 0.802. The van der Waals surface area contributed by atoms with E-state index < -0.39 is 33.6 Å². The van der Waals surface area contributed by atoms with Crippen LogP contribution in [0, 0.1) is 29.6 Å². The first-order valence-electron chi connectivity index (χ1n) is 15.5. The maximum atomic E-state index is 13.8. The molecule has 0 radical (unpaired) electrons. The van der Waals surface area contributed by atoms with Crippen molar-refractivity contribution >= 4 is 16.0 Å². The SMILES string of the molecule is CC(C)CN(C[C@@H](O)[C@@H](CC(=O)OC1C2COC3OCC1C3C2)Cc1ccccc1)S(=O)(=O)c1ccc(C2(O)CC2)cc1. The van der Waals surface area contributed by atoms with Crippen molar-refractivity contribution in [3.63, 3.8) is 0 Å². The second kappa shape index (κ2) is 12.2. The molecular formula is C33H43NO8S. The van der Waals surface area contributed by atoms with Crippen LogP contribution in [0.15, 0.2) is 59.5 Å². The van der Waals surface area contributed by atoms with Crippen molar-refractivity contribution in [3.8, 4) is 0 Å². The van der Waals surface area contributed by atoms with E-state index in [0.717, 1.165) is 12.0 Å². The van der Waals surface area contributed by atoms with Crippen LogP contribution >= 0.6 is 0 Å². The summed E-state index contributed by atoms with van der Waals surface area (Å²) < 4.78 is 46.6. The lowest BCUT2D eigenvalue weighted by Gasteiger charge is -2.31. The number of carbonyl (C=O) groups excluding carboxylic acids is 1. The third-order valence-corrected chi connectivity index (χ3v) is 11.4. The van der Waals surface area contributed by atoms with Gasteiger partial charge in [-0.25, -0.2) is 8.42 Å². The minimum Gasteiger partial charge on any atom is -0.462 e. The Morgan fingerprint density at radius 1 is 1.02 bits per heavy atom. The summed E-state index contributed by atoms with van der Waals surface area (Å²) in [7, 11) is -3.95. The molecule has 43 heavy (non-hydrogen) atoms. The van der Waals surface area contributed by atoms with Crippen LogP contribution in [0.2, 0.25) is 0 Å². The first kappa shape index (κ1) is 30.7. The van der Waals surface area contributed by atoms with Gasteiger partial charge in [0, 0.05) is 36.8 Å². The molecular weight excluding hydrogens is 570 g/mol. The van der Waals surface area contributed by atoms with Gasteiger partial charge in [-0.05, 0) is 54.9 Å². The van der Waals surface area contributed by atoms with Crippen molar-refractivity contribution in [3.05, 3.63) is 65.7 Å². The number of benzene rings is 2. The number of aliphatic hydroxyl groups is 2. The molecule has 2 aliphatic carbocycles. The molecule has 0 amide bonds. The van der Waals surface area contributed by atoms with E-state index in [1.54, 1.807) is 12.1 Å². The van der Waals surface area contributed by atoms with Crippen molar-refractivity contribution in [2.24, 2.45) is 29.6 Å². The topological polar surface area (TPSA) is 123 Å². The lowest BCUT2D eigenvalue weighted by atomic mass is 9.90. The Kier molecular flexibility index (Phi) is 8.71. The Morgan fingerprint density at radius 3 is 2.40 bits per heavy atom. The average Bonchev–Trinajstić information content (AvgIpc) is 3.50. The van der Waals surface area contributed by atoms with Crippen LogP contribution in [-0.4, -0.2) is 73.7 Å². The van der Waals surface area contributed by atoms with Gasteiger partial charge in [0.1, 0.15) is 6.10 Å². The number of ether oxygens (including phenoxy) is 3. The van der Waals surface area contributed by atoms with Crippen LogP contribution in [0.4, 0.5) is 0 Å². The molecule has 2 heterocycles. The summed E-state index contributed by atoms with van der Waals surface area (Å²) in [5.74, 6) is -0.428. The number of sulfonamides is 1. The fourth-order valence-corrected chi connectivity index (χ4v) is 8.67. The minimum atomic E-state index is -3.95. The molecule has 6 rings (SSSR count). The number of hydrogen-bond acceptors (Lipinski definition) is 8. The Balaban J connectivity index is 1.18. The highest BCUT2D eigenvalue weighted by atomic mass is 32.2. The van der Waals surface area contributed by atoms with E-state index in [0.29, 0.717) is 38.0 Å². The number of aliphatic hydroxyl groups excluding tert-OH is 1. The molecule has 2 saturated heterocycles. The summed E-state index contributed by atoms with van der Waals surface area (Å²) in [6.07, 6.45) is 1.03. The van der Waals surface area contributed by atoms with E-state index in [9.17, 15) is 23.4 Å². The first-order chi connectivity index (χ1) is 20.5. The molecule has 0 aromatic heterocycles. The van der Waals surface area contributed by atoms with E-state index >= 15 is 0 Å².